The van der Waals surface area contributed by atoms with Crippen molar-refractivity contribution >= 4 is 17.5 Å². The maximum atomic E-state index is 11.0. The molecular formula is C10H13N7O4. The van der Waals surface area contributed by atoms with E-state index in [9.17, 15) is 14.9 Å². The van der Waals surface area contributed by atoms with Gasteiger partial charge in [0.2, 0.25) is 5.82 Å². The normalized spacial score (nSPS) is 10.6. The van der Waals surface area contributed by atoms with Crippen LogP contribution in [0, 0.1) is 17.0 Å². The summed E-state index contributed by atoms with van der Waals surface area (Å²) in [5.74, 6) is -0.872. The van der Waals surface area contributed by atoms with E-state index in [1.807, 2.05) is 0 Å². The zero-order valence-electron chi connectivity index (χ0n) is 11.3. The highest BCUT2D eigenvalue weighted by atomic mass is 16.6. The quantitative estimate of drug-likeness (QED) is 0.562. The van der Waals surface area contributed by atoms with E-state index in [0.717, 1.165) is 0 Å². The molecule has 0 bridgehead atoms. The Labute approximate surface area is 118 Å². The third-order valence-corrected chi connectivity index (χ3v) is 2.76. The highest BCUT2D eigenvalue weighted by Gasteiger charge is 2.23. The molecule has 11 nitrogen and oxygen atoms in total. The number of carbonyl (C=O) groups is 1. The molecule has 2 aromatic rings. The maximum absolute atomic E-state index is 11.0. The average molecular weight is 295 g/mol. The second kappa shape index (κ2) is 5.56. The molecule has 0 fully saturated rings. The molecule has 0 amide bonds. The van der Waals surface area contributed by atoms with Gasteiger partial charge in [0.05, 0.1) is 17.7 Å². The number of aromatic nitrogens is 5. The lowest BCUT2D eigenvalue weighted by molar-refractivity contribution is -0.384. The third kappa shape index (κ3) is 2.96. The predicted octanol–water partition coefficient (Wildman–Crippen LogP) is 0.0385. The monoisotopic (exact) mass is 295 g/mol. The number of hydrogen-bond donors (Lipinski definition) is 2. The number of aromatic carboxylic acids is 1. The Morgan fingerprint density at radius 1 is 1.57 bits per heavy atom. The van der Waals surface area contributed by atoms with Crippen molar-refractivity contribution < 1.29 is 14.8 Å². The van der Waals surface area contributed by atoms with E-state index in [0.29, 0.717) is 18.8 Å². The highest BCUT2D eigenvalue weighted by molar-refractivity contribution is 5.84. The third-order valence-electron chi connectivity index (χ3n) is 2.76. The summed E-state index contributed by atoms with van der Waals surface area (Å²) in [4.78, 5) is 21.1. The van der Waals surface area contributed by atoms with Crippen molar-refractivity contribution in [2.75, 3.05) is 11.9 Å². The first kappa shape index (κ1) is 14.4. The summed E-state index contributed by atoms with van der Waals surface area (Å²) in [6.45, 7) is 2.17. The molecule has 0 spiro atoms. The molecule has 0 radical (unpaired) electrons. The van der Waals surface area contributed by atoms with Crippen molar-refractivity contribution in [1.82, 2.24) is 24.8 Å². The molecule has 2 heterocycles. The lowest BCUT2D eigenvalue weighted by atomic mass is 10.4. The first-order valence-electron chi connectivity index (χ1n) is 5.95. The van der Waals surface area contributed by atoms with Gasteiger partial charge in [0.15, 0.2) is 5.69 Å². The first-order valence-corrected chi connectivity index (χ1v) is 5.95. The van der Waals surface area contributed by atoms with Crippen molar-refractivity contribution in [2.24, 2.45) is 7.05 Å². The Morgan fingerprint density at radius 2 is 2.29 bits per heavy atom. The van der Waals surface area contributed by atoms with Gasteiger partial charge in [-0.1, -0.05) is 5.21 Å². The van der Waals surface area contributed by atoms with Gasteiger partial charge in [-0.05, 0) is 6.92 Å². The van der Waals surface area contributed by atoms with E-state index in [-0.39, 0.29) is 17.2 Å². The molecule has 0 aliphatic heterocycles. The number of carboxylic acid groups (broad SMARTS) is 1. The molecule has 2 N–H and O–H groups in total. The fourth-order valence-electron chi connectivity index (χ4n) is 1.86. The summed E-state index contributed by atoms with van der Waals surface area (Å²) in [6.07, 6.45) is 1.28. The molecule has 112 valence electrons. The largest absolute Gasteiger partial charge is 0.476 e. The Balaban J connectivity index is 2.03. The van der Waals surface area contributed by atoms with Crippen molar-refractivity contribution in [2.45, 2.75) is 13.5 Å². The van der Waals surface area contributed by atoms with Crippen LogP contribution < -0.4 is 5.32 Å². The number of rotatable bonds is 6. The van der Waals surface area contributed by atoms with E-state index < -0.39 is 10.9 Å². The fourth-order valence-corrected chi connectivity index (χ4v) is 1.86. The second-order valence-electron chi connectivity index (χ2n) is 4.26. The number of aryl methyl sites for hydroxylation is 2. The van der Waals surface area contributed by atoms with E-state index in [1.54, 1.807) is 14.0 Å². The zero-order valence-corrected chi connectivity index (χ0v) is 11.3. The van der Waals surface area contributed by atoms with Crippen LogP contribution in [0.4, 0.5) is 11.5 Å². The maximum Gasteiger partial charge on any atom is 0.358 e. The highest BCUT2D eigenvalue weighted by Crippen LogP contribution is 2.26. The molecule has 11 heteroatoms. The van der Waals surface area contributed by atoms with Crippen LogP contribution in [0.25, 0.3) is 0 Å². The van der Waals surface area contributed by atoms with Crippen LogP contribution in [-0.2, 0) is 13.6 Å². The number of anilines is 1. The number of nitrogens with one attached hydrogen (secondary N) is 1. The van der Waals surface area contributed by atoms with Crippen LogP contribution in [0.5, 0.6) is 0 Å². The van der Waals surface area contributed by atoms with Crippen molar-refractivity contribution in [1.29, 1.82) is 0 Å². The van der Waals surface area contributed by atoms with Crippen LogP contribution in [0.2, 0.25) is 0 Å². The summed E-state index contributed by atoms with van der Waals surface area (Å²) in [7, 11) is 1.60. The van der Waals surface area contributed by atoms with Gasteiger partial charge in [0, 0.05) is 13.6 Å². The lowest BCUT2D eigenvalue weighted by Gasteiger charge is -2.05. The minimum atomic E-state index is -1.16. The van der Waals surface area contributed by atoms with Gasteiger partial charge in [0.25, 0.3) is 0 Å². The van der Waals surface area contributed by atoms with Crippen molar-refractivity contribution in [3.8, 4) is 0 Å². The summed E-state index contributed by atoms with van der Waals surface area (Å²) in [6, 6.07) is 0. The number of nitrogens with zero attached hydrogens (tertiary/aromatic N) is 6. The SMILES string of the molecule is Cc1nn(C)c(NCCn2cc(C(=O)O)nn2)c1[N+](=O)[O-]. The number of nitro groups is 1. The summed E-state index contributed by atoms with van der Waals surface area (Å²) >= 11 is 0. The van der Waals surface area contributed by atoms with Crippen LogP contribution >= 0.6 is 0 Å². The van der Waals surface area contributed by atoms with Crippen molar-refractivity contribution in [3.63, 3.8) is 0 Å². The predicted molar refractivity (Wildman–Crippen MR) is 70.1 cm³/mol. The van der Waals surface area contributed by atoms with Crippen LogP contribution in [-0.4, -0.2) is 47.3 Å². The van der Waals surface area contributed by atoms with Crippen LogP contribution in [0.1, 0.15) is 16.2 Å². The molecule has 2 aromatic heterocycles. The molecule has 0 aliphatic carbocycles. The topological polar surface area (TPSA) is 141 Å². The molecular weight excluding hydrogens is 282 g/mol. The summed E-state index contributed by atoms with van der Waals surface area (Å²) in [5, 5.41) is 33.7. The fraction of sp³-hybridized carbons (Fsp3) is 0.400. The minimum Gasteiger partial charge on any atom is -0.476 e. The molecule has 0 aliphatic rings. The van der Waals surface area contributed by atoms with E-state index in [2.05, 4.69) is 20.7 Å². The first-order chi connectivity index (χ1) is 9.90. The Bertz CT molecular complexity index is 690. The molecule has 0 saturated carbocycles. The van der Waals surface area contributed by atoms with Gasteiger partial charge in [-0.25, -0.2) is 14.2 Å². The van der Waals surface area contributed by atoms with E-state index in [4.69, 9.17) is 5.11 Å². The number of carboxylic acids is 1. The molecule has 0 atom stereocenters. The van der Waals surface area contributed by atoms with Gasteiger partial charge < -0.3 is 10.4 Å². The summed E-state index contributed by atoms with van der Waals surface area (Å²) in [5.41, 5.74) is 0.0820. The summed E-state index contributed by atoms with van der Waals surface area (Å²) < 4.78 is 2.73. The Hall–Kier alpha value is -2.98. The second-order valence-corrected chi connectivity index (χ2v) is 4.26. The van der Waals surface area contributed by atoms with Gasteiger partial charge in [-0.3, -0.25) is 10.1 Å². The minimum absolute atomic E-state index is 0.0812. The van der Waals surface area contributed by atoms with Gasteiger partial charge in [0.1, 0.15) is 5.69 Å². The molecule has 0 unspecified atom stereocenters. The molecule has 0 saturated heterocycles. The Morgan fingerprint density at radius 3 is 2.86 bits per heavy atom. The number of hydrogen-bond acceptors (Lipinski definition) is 7. The van der Waals surface area contributed by atoms with E-state index >= 15 is 0 Å². The lowest BCUT2D eigenvalue weighted by Crippen LogP contribution is -2.14. The van der Waals surface area contributed by atoms with Crippen LogP contribution in [0.3, 0.4) is 0 Å². The average Bonchev–Trinajstić information content (AvgIpc) is 2.95. The molecule has 2 rings (SSSR count). The van der Waals surface area contributed by atoms with Gasteiger partial charge in [-0.15, -0.1) is 5.10 Å². The van der Waals surface area contributed by atoms with Crippen molar-refractivity contribution in [3.05, 3.63) is 27.7 Å². The van der Waals surface area contributed by atoms with E-state index in [1.165, 1.54) is 15.6 Å². The Kier molecular flexibility index (Phi) is 3.82. The zero-order chi connectivity index (χ0) is 15.6. The van der Waals surface area contributed by atoms with Gasteiger partial charge >= 0.3 is 11.7 Å². The van der Waals surface area contributed by atoms with Gasteiger partial charge in [-0.2, -0.15) is 5.10 Å². The molecule has 0 aromatic carbocycles. The molecule has 21 heavy (non-hydrogen) atoms. The standard InChI is InChI=1S/C10H13N7O4/c1-6-8(17(20)21)9(15(2)13-6)11-3-4-16-5-7(10(18)19)12-14-16/h5,11H,3-4H2,1-2H3,(H,18,19). The van der Waals surface area contributed by atoms with Crippen LogP contribution in [0.15, 0.2) is 6.20 Å². The smallest absolute Gasteiger partial charge is 0.358 e.